The van der Waals surface area contributed by atoms with E-state index in [1.165, 1.54) is 36.2 Å². The number of ether oxygens (including phenoxy) is 2. The summed E-state index contributed by atoms with van der Waals surface area (Å²) in [6.07, 6.45) is -0.113. The fourth-order valence-corrected chi connectivity index (χ4v) is 3.57. The predicted octanol–water partition coefficient (Wildman–Crippen LogP) is 0.888. The van der Waals surface area contributed by atoms with E-state index in [0.717, 1.165) is 4.90 Å². The number of non-ortho nitro benzene ring substituents is 1. The number of amides is 5. The lowest BCUT2D eigenvalue weighted by molar-refractivity contribution is -0.384. The molecule has 0 aromatic heterocycles. The van der Waals surface area contributed by atoms with Crippen molar-refractivity contribution in [2.75, 3.05) is 33.6 Å². The molecule has 14 heteroatoms. The van der Waals surface area contributed by atoms with E-state index in [-0.39, 0.29) is 37.6 Å². The number of rotatable bonds is 13. The Kier molecular flexibility index (Phi) is 9.84. The zero-order chi connectivity index (χ0) is 27.0. The Morgan fingerprint density at radius 2 is 1.83 bits per heavy atom. The number of nitro benzene ring substituents is 1. The number of hydrogen-bond acceptors (Lipinski definition) is 9. The van der Waals surface area contributed by atoms with Crippen LogP contribution in [0, 0.1) is 16.0 Å². The molecule has 1 aromatic carbocycles. The third kappa shape index (κ3) is 6.74. The van der Waals surface area contributed by atoms with Crippen molar-refractivity contribution in [3.63, 3.8) is 0 Å². The van der Waals surface area contributed by atoms with Gasteiger partial charge < -0.3 is 19.7 Å². The van der Waals surface area contributed by atoms with Gasteiger partial charge >= 0.3 is 6.03 Å². The summed E-state index contributed by atoms with van der Waals surface area (Å²) < 4.78 is 10.6. The van der Waals surface area contributed by atoms with Crippen LogP contribution in [0.4, 0.5) is 10.5 Å². The van der Waals surface area contributed by atoms with E-state index < -0.39 is 46.2 Å². The normalized spacial score (nSPS) is 16.6. The van der Waals surface area contributed by atoms with Gasteiger partial charge in [-0.1, -0.05) is 0 Å². The van der Waals surface area contributed by atoms with Crippen LogP contribution in [0.25, 0.3) is 0 Å². The molecule has 2 rings (SSSR count). The molecule has 2 atom stereocenters. The minimum Gasteiger partial charge on any atom is -0.356 e. The van der Waals surface area contributed by atoms with E-state index in [4.69, 9.17) is 9.47 Å². The van der Waals surface area contributed by atoms with Crippen LogP contribution in [0.5, 0.6) is 0 Å². The number of nitro groups is 1. The number of imide groups is 1. The third-order valence-corrected chi connectivity index (χ3v) is 5.94. The standard InChI is InChI=1S/C22H31N5O9/c1-5-35-13-36-12-16(23-18(28)14-6-8-17(9-7-14)27(33)34)10-15(19(29)24-32)11-26-20(30)22(2,3)25(4)21(26)31/h6-9,15-16,32H,5,10-13H2,1-4H3,(H,23,28)(H,24,29)/t15-,16+/m1/s1. The summed E-state index contributed by atoms with van der Waals surface area (Å²) >= 11 is 0. The van der Waals surface area contributed by atoms with Crippen LogP contribution < -0.4 is 10.8 Å². The highest BCUT2D eigenvalue weighted by molar-refractivity contribution is 6.06. The van der Waals surface area contributed by atoms with Gasteiger partial charge in [0.1, 0.15) is 12.3 Å². The summed E-state index contributed by atoms with van der Waals surface area (Å²) in [5.74, 6) is -3.05. The summed E-state index contributed by atoms with van der Waals surface area (Å²) in [7, 11) is 1.47. The van der Waals surface area contributed by atoms with Crippen LogP contribution in [-0.2, 0) is 19.1 Å². The number of hydroxylamine groups is 1. The zero-order valence-corrected chi connectivity index (χ0v) is 20.6. The topological polar surface area (TPSA) is 181 Å². The zero-order valence-electron chi connectivity index (χ0n) is 20.6. The molecule has 36 heavy (non-hydrogen) atoms. The highest BCUT2D eigenvalue weighted by Gasteiger charge is 2.50. The van der Waals surface area contributed by atoms with Crippen molar-refractivity contribution >= 4 is 29.4 Å². The average molecular weight is 510 g/mol. The van der Waals surface area contributed by atoms with Crippen molar-refractivity contribution in [3.05, 3.63) is 39.9 Å². The fourth-order valence-electron chi connectivity index (χ4n) is 3.57. The van der Waals surface area contributed by atoms with E-state index in [2.05, 4.69) is 5.32 Å². The molecule has 0 saturated carbocycles. The SMILES string of the molecule is CCOCOC[C@H](C[C@H](CN1C(=O)N(C)C(C)(C)C1=O)C(=O)NO)NC(=O)c1ccc([N+](=O)[O-])cc1. The Morgan fingerprint density at radius 3 is 2.33 bits per heavy atom. The fraction of sp³-hybridized carbons (Fsp3) is 0.545. The summed E-state index contributed by atoms with van der Waals surface area (Å²) in [6, 6.07) is 3.51. The first-order valence-electron chi connectivity index (χ1n) is 11.2. The molecule has 1 aliphatic rings. The molecule has 1 aromatic rings. The van der Waals surface area contributed by atoms with E-state index >= 15 is 0 Å². The monoisotopic (exact) mass is 509 g/mol. The lowest BCUT2D eigenvalue weighted by atomic mass is 9.97. The highest BCUT2D eigenvalue weighted by atomic mass is 16.7. The Hall–Kier alpha value is -3.62. The molecule has 0 spiro atoms. The van der Waals surface area contributed by atoms with Crippen molar-refractivity contribution in [1.29, 1.82) is 0 Å². The van der Waals surface area contributed by atoms with Crippen LogP contribution in [-0.4, -0.2) is 88.9 Å². The third-order valence-electron chi connectivity index (χ3n) is 5.94. The lowest BCUT2D eigenvalue weighted by Gasteiger charge is -2.26. The first-order valence-corrected chi connectivity index (χ1v) is 11.2. The maximum Gasteiger partial charge on any atom is 0.327 e. The number of carbonyl (C=O) groups is 4. The number of hydrogen-bond donors (Lipinski definition) is 3. The molecule has 1 heterocycles. The van der Waals surface area contributed by atoms with Gasteiger partial charge in [0, 0.05) is 37.9 Å². The molecule has 5 amide bonds. The summed E-state index contributed by atoms with van der Waals surface area (Å²) in [4.78, 5) is 63.1. The molecule has 0 unspecified atom stereocenters. The van der Waals surface area contributed by atoms with Crippen molar-refractivity contribution in [1.82, 2.24) is 20.6 Å². The Labute approximate surface area is 207 Å². The summed E-state index contributed by atoms with van der Waals surface area (Å²) in [5, 5.41) is 22.8. The van der Waals surface area contributed by atoms with Gasteiger partial charge in [0.2, 0.25) is 5.91 Å². The van der Waals surface area contributed by atoms with Gasteiger partial charge in [0.25, 0.3) is 17.5 Å². The summed E-state index contributed by atoms with van der Waals surface area (Å²) in [6.45, 7) is 4.78. The van der Waals surface area contributed by atoms with Gasteiger partial charge in [-0.05, 0) is 39.3 Å². The molecule has 14 nitrogen and oxygen atoms in total. The molecule has 3 N–H and O–H groups in total. The Balaban J connectivity index is 2.21. The molecule has 1 aliphatic heterocycles. The van der Waals surface area contributed by atoms with E-state index in [9.17, 15) is 34.5 Å². The van der Waals surface area contributed by atoms with Gasteiger partial charge in [-0.15, -0.1) is 0 Å². The van der Waals surface area contributed by atoms with Crippen molar-refractivity contribution in [2.24, 2.45) is 5.92 Å². The Bertz CT molecular complexity index is 983. The quantitative estimate of drug-likeness (QED) is 0.0868. The van der Waals surface area contributed by atoms with Crippen LogP contribution in [0.15, 0.2) is 24.3 Å². The van der Waals surface area contributed by atoms with Crippen molar-refractivity contribution < 1.29 is 38.8 Å². The van der Waals surface area contributed by atoms with Gasteiger partial charge in [-0.2, -0.15) is 0 Å². The van der Waals surface area contributed by atoms with Crippen LogP contribution >= 0.6 is 0 Å². The first-order chi connectivity index (χ1) is 16.9. The smallest absolute Gasteiger partial charge is 0.327 e. The number of benzene rings is 1. The molecule has 1 fully saturated rings. The van der Waals surface area contributed by atoms with Crippen LogP contribution in [0.1, 0.15) is 37.6 Å². The van der Waals surface area contributed by atoms with Gasteiger partial charge in [0.05, 0.1) is 23.5 Å². The maximum atomic E-state index is 12.8. The molecule has 0 radical (unpaired) electrons. The second-order valence-electron chi connectivity index (χ2n) is 8.68. The second kappa shape index (κ2) is 12.4. The number of urea groups is 1. The number of nitrogens with one attached hydrogen (secondary N) is 2. The molecular weight excluding hydrogens is 478 g/mol. The van der Waals surface area contributed by atoms with Crippen LogP contribution in [0.2, 0.25) is 0 Å². The van der Waals surface area contributed by atoms with Gasteiger partial charge in [-0.3, -0.25) is 34.6 Å². The Morgan fingerprint density at radius 1 is 1.19 bits per heavy atom. The number of nitrogens with zero attached hydrogens (tertiary/aromatic N) is 3. The molecule has 0 bridgehead atoms. The molecule has 198 valence electrons. The first kappa shape index (κ1) is 28.6. The van der Waals surface area contributed by atoms with Crippen molar-refractivity contribution in [2.45, 2.75) is 38.8 Å². The molecular formula is C22H31N5O9. The average Bonchev–Trinajstić information content (AvgIpc) is 3.00. The largest absolute Gasteiger partial charge is 0.356 e. The molecule has 0 aliphatic carbocycles. The highest BCUT2D eigenvalue weighted by Crippen LogP contribution is 2.27. The van der Waals surface area contributed by atoms with E-state index in [1.54, 1.807) is 26.3 Å². The predicted molar refractivity (Wildman–Crippen MR) is 124 cm³/mol. The molecule has 1 saturated heterocycles. The minimum absolute atomic E-state index is 0.0840. The summed E-state index contributed by atoms with van der Waals surface area (Å²) in [5.41, 5.74) is 0.377. The number of likely N-dealkylation sites (N-methyl/N-ethyl adjacent to an activating group) is 1. The lowest BCUT2D eigenvalue weighted by Crippen LogP contribution is -2.47. The van der Waals surface area contributed by atoms with E-state index in [1.807, 2.05) is 0 Å². The minimum atomic E-state index is -1.11. The second-order valence-corrected chi connectivity index (χ2v) is 8.68. The van der Waals surface area contributed by atoms with Crippen molar-refractivity contribution in [3.8, 4) is 0 Å². The van der Waals surface area contributed by atoms with Gasteiger partial charge in [0.15, 0.2) is 0 Å². The van der Waals surface area contributed by atoms with Gasteiger partial charge in [-0.25, -0.2) is 10.3 Å². The number of carbonyl (C=O) groups excluding carboxylic acids is 4. The van der Waals surface area contributed by atoms with Crippen LogP contribution in [0.3, 0.4) is 0 Å². The maximum absolute atomic E-state index is 12.8. The van der Waals surface area contributed by atoms with E-state index in [0.29, 0.717) is 6.61 Å².